The molecule has 0 atom stereocenters. The predicted octanol–water partition coefficient (Wildman–Crippen LogP) is 3.27. The van der Waals surface area contributed by atoms with Crippen LogP contribution in [0.5, 0.6) is 0 Å². The fraction of sp³-hybridized carbons (Fsp3) is 0.500. The quantitative estimate of drug-likeness (QED) is 0.786. The van der Waals surface area contributed by atoms with E-state index in [9.17, 15) is 13.5 Å². The summed E-state index contributed by atoms with van der Waals surface area (Å²) in [6, 6.07) is 6.79. The Hall–Kier alpha value is -1.13. The molecule has 0 saturated carbocycles. The molecule has 4 heteroatoms. The van der Waals surface area contributed by atoms with Crippen molar-refractivity contribution in [1.82, 2.24) is 0 Å². The molecule has 0 amide bonds. The highest BCUT2D eigenvalue weighted by molar-refractivity contribution is 7.91. The smallest absolute Gasteiger partial charge is 0.182 e. The number of sulfone groups is 1. The molecule has 0 saturated heterocycles. The van der Waals surface area contributed by atoms with Crippen LogP contribution in [-0.2, 0) is 9.84 Å². The highest BCUT2D eigenvalue weighted by atomic mass is 32.2. The lowest BCUT2D eigenvalue weighted by Crippen LogP contribution is -2.28. The van der Waals surface area contributed by atoms with Crippen molar-refractivity contribution in [3.8, 4) is 0 Å². The van der Waals surface area contributed by atoms with Gasteiger partial charge in [-0.1, -0.05) is 43.7 Å². The molecule has 1 rings (SSSR count). The minimum atomic E-state index is -3.38. The third-order valence-corrected chi connectivity index (χ3v) is 5.45. The summed E-state index contributed by atoms with van der Waals surface area (Å²) in [7, 11) is -3.38. The minimum Gasteiger partial charge on any atom is -0.390 e. The van der Waals surface area contributed by atoms with E-state index in [4.69, 9.17) is 0 Å². The van der Waals surface area contributed by atoms with Gasteiger partial charge in [-0.2, -0.15) is 0 Å². The number of rotatable bonds is 7. The molecule has 0 bridgehead atoms. The third kappa shape index (κ3) is 4.46. The van der Waals surface area contributed by atoms with Crippen molar-refractivity contribution in [2.75, 3.05) is 5.75 Å². The zero-order chi connectivity index (χ0) is 15.4. The Balaban J connectivity index is 2.81. The lowest BCUT2D eigenvalue weighted by Gasteiger charge is -2.26. The maximum Gasteiger partial charge on any atom is 0.182 e. The average molecular weight is 296 g/mol. The van der Waals surface area contributed by atoms with Gasteiger partial charge >= 0.3 is 0 Å². The first-order valence-electron chi connectivity index (χ1n) is 6.91. The summed E-state index contributed by atoms with van der Waals surface area (Å²) in [6.07, 6.45) is 1.51. The average Bonchev–Trinajstić information content (AvgIpc) is 2.38. The van der Waals surface area contributed by atoms with Gasteiger partial charge in [-0.25, -0.2) is 8.42 Å². The molecule has 0 spiro atoms. The number of aliphatic hydroxyl groups is 1. The number of hydrogen-bond acceptors (Lipinski definition) is 3. The van der Waals surface area contributed by atoms with Crippen LogP contribution in [-0.4, -0.2) is 24.9 Å². The van der Waals surface area contributed by atoms with Crippen LogP contribution < -0.4 is 0 Å². The molecular weight excluding hydrogens is 272 g/mol. The molecule has 112 valence electrons. The zero-order valence-corrected chi connectivity index (χ0v) is 13.3. The molecule has 1 aromatic rings. The highest BCUT2D eigenvalue weighted by Gasteiger charge is 2.25. The van der Waals surface area contributed by atoms with Crippen molar-refractivity contribution in [1.29, 1.82) is 0 Å². The van der Waals surface area contributed by atoms with Gasteiger partial charge in [-0.05, 0) is 38.3 Å². The van der Waals surface area contributed by atoms with Gasteiger partial charge < -0.3 is 5.11 Å². The van der Waals surface area contributed by atoms with E-state index in [1.165, 1.54) is 0 Å². The second-order valence-corrected chi connectivity index (χ2v) is 7.42. The minimum absolute atomic E-state index is 0.113. The first-order chi connectivity index (χ1) is 9.22. The Morgan fingerprint density at radius 2 is 1.70 bits per heavy atom. The highest BCUT2D eigenvalue weighted by Crippen LogP contribution is 2.25. The Kier molecular flexibility index (Phi) is 5.54. The van der Waals surface area contributed by atoms with Crippen LogP contribution in [0.3, 0.4) is 0 Å². The molecule has 3 nitrogen and oxygen atoms in total. The maximum atomic E-state index is 12.3. The van der Waals surface area contributed by atoms with Crippen molar-refractivity contribution in [2.45, 2.75) is 50.5 Å². The summed E-state index contributed by atoms with van der Waals surface area (Å²) in [5, 5.41) is 10.2. The topological polar surface area (TPSA) is 54.4 Å². The van der Waals surface area contributed by atoms with Gasteiger partial charge in [-0.3, -0.25) is 0 Å². The molecule has 0 aliphatic carbocycles. The van der Waals surface area contributed by atoms with E-state index in [0.29, 0.717) is 29.7 Å². The monoisotopic (exact) mass is 296 g/mol. The molecule has 20 heavy (non-hydrogen) atoms. The van der Waals surface area contributed by atoms with Crippen LogP contribution in [0.15, 0.2) is 41.3 Å². The summed E-state index contributed by atoms with van der Waals surface area (Å²) in [4.78, 5) is 0.306. The van der Waals surface area contributed by atoms with Gasteiger partial charge in [0, 0.05) is 0 Å². The van der Waals surface area contributed by atoms with Crippen LogP contribution >= 0.6 is 0 Å². The van der Waals surface area contributed by atoms with Crippen LogP contribution in [0.4, 0.5) is 0 Å². The van der Waals surface area contributed by atoms with E-state index >= 15 is 0 Å². The molecule has 0 radical (unpaired) electrons. The van der Waals surface area contributed by atoms with E-state index in [1.807, 2.05) is 20.8 Å². The zero-order valence-electron chi connectivity index (χ0n) is 12.5. The molecule has 0 aromatic heterocycles. The van der Waals surface area contributed by atoms with Crippen molar-refractivity contribution in [3.05, 3.63) is 42.0 Å². The van der Waals surface area contributed by atoms with Gasteiger partial charge in [0.15, 0.2) is 9.84 Å². The summed E-state index contributed by atoms with van der Waals surface area (Å²) in [6.45, 7) is 9.53. The van der Waals surface area contributed by atoms with Crippen LogP contribution in [0, 0.1) is 6.92 Å². The van der Waals surface area contributed by atoms with E-state index in [1.54, 1.807) is 24.3 Å². The fourth-order valence-corrected chi connectivity index (χ4v) is 3.47. The predicted molar refractivity (Wildman–Crippen MR) is 82.5 cm³/mol. The summed E-state index contributed by atoms with van der Waals surface area (Å²) < 4.78 is 24.5. The van der Waals surface area contributed by atoms with Crippen LogP contribution in [0.1, 0.15) is 38.7 Å². The number of hydrogen-bond donors (Lipinski definition) is 1. The first kappa shape index (κ1) is 16.9. The second-order valence-electron chi connectivity index (χ2n) is 5.43. The van der Waals surface area contributed by atoms with E-state index in [-0.39, 0.29) is 5.75 Å². The second kappa shape index (κ2) is 6.55. The maximum absolute atomic E-state index is 12.3. The largest absolute Gasteiger partial charge is 0.390 e. The van der Waals surface area contributed by atoms with E-state index < -0.39 is 15.4 Å². The van der Waals surface area contributed by atoms with Gasteiger partial charge in [0.05, 0.1) is 16.2 Å². The van der Waals surface area contributed by atoms with Crippen molar-refractivity contribution in [2.24, 2.45) is 0 Å². The van der Waals surface area contributed by atoms with Crippen LogP contribution in [0.25, 0.3) is 0 Å². The van der Waals surface area contributed by atoms with Gasteiger partial charge in [-0.15, -0.1) is 0 Å². The standard InChI is InChI=1S/C16H24O3S/c1-5-16(17,6-2)11-14(4)12-20(18,19)15-9-7-13(3)8-10-15/h7-10,17H,4-6,11-12H2,1-3H3. The number of benzene rings is 1. The first-order valence-corrected chi connectivity index (χ1v) is 8.56. The Morgan fingerprint density at radius 1 is 1.20 bits per heavy atom. The SMILES string of the molecule is C=C(CC(O)(CC)CC)CS(=O)(=O)c1ccc(C)cc1. The van der Waals surface area contributed by atoms with Crippen molar-refractivity contribution >= 4 is 9.84 Å². The molecule has 0 fully saturated rings. The Labute approximate surface area is 122 Å². The molecule has 0 heterocycles. The normalized spacial score (nSPS) is 12.4. The molecule has 0 aliphatic heterocycles. The van der Waals surface area contributed by atoms with Crippen molar-refractivity contribution in [3.63, 3.8) is 0 Å². The molecule has 1 N–H and O–H groups in total. The fourth-order valence-electron chi connectivity index (χ4n) is 2.11. The Morgan fingerprint density at radius 3 is 2.15 bits per heavy atom. The van der Waals surface area contributed by atoms with Crippen LogP contribution in [0.2, 0.25) is 0 Å². The van der Waals surface area contributed by atoms with E-state index in [0.717, 1.165) is 5.56 Å². The summed E-state index contributed by atoms with van der Waals surface area (Å²) in [5.74, 6) is -0.113. The molecule has 0 aliphatic rings. The van der Waals surface area contributed by atoms with E-state index in [2.05, 4.69) is 6.58 Å². The lowest BCUT2D eigenvalue weighted by atomic mass is 9.90. The lowest BCUT2D eigenvalue weighted by molar-refractivity contribution is 0.0329. The Bertz CT molecular complexity index is 552. The molecule has 1 aromatic carbocycles. The molecule has 0 unspecified atom stereocenters. The third-order valence-electron chi connectivity index (χ3n) is 3.67. The summed E-state index contributed by atoms with van der Waals surface area (Å²) >= 11 is 0. The van der Waals surface area contributed by atoms with Crippen molar-refractivity contribution < 1.29 is 13.5 Å². The van der Waals surface area contributed by atoms with Gasteiger partial charge in [0.25, 0.3) is 0 Å². The van der Waals surface area contributed by atoms with Gasteiger partial charge in [0.2, 0.25) is 0 Å². The van der Waals surface area contributed by atoms with Gasteiger partial charge in [0.1, 0.15) is 0 Å². The number of aryl methyl sites for hydroxylation is 1. The summed E-state index contributed by atoms with van der Waals surface area (Å²) in [5.41, 5.74) is 0.728. The molecular formula is C16H24O3S.